The molecule has 6 nitrogen and oxygen atoms in total. The van der Waals surface area contributed by atoms with Crippen molar-refractivity contribution in [2.75, 3.05) is 11.5 Å². The van der Waals surface area contributed by atoms with Crippen molar-refractivity contribution in [2.45, 2.75) is 114 Å². The minimum atomic E-state index is -0.397. The Balaban J connectivity index is 1.29. The summed E-state index contributed by atoms with van der Waals surface area (Å²) in [5, 5.41) is 2.48. The summed E-state index contributed by atoms with van der Waals surface area (Å²) >= 11 is 1.41. The number of carbonyl (C=O) groups excluding carboxylic acids is 2. The summed E-state index contributed by atoms with van der Waals surface area (Å²) in [6.07, 6.45) is 16.7. The van der Waals surface area contributed by atoms with Gasteiger partial charge in [0.25, 0.3) is 5.91 Å². The van der Waals surface area contributed by atoms with Gasteiger partial charge in [0.2, 0.25) is 5.91 Å². The van der Waals surface area contributed by atoms with Gasteiger partial charge in [0.1, 0.15) is 17.3 Å². The number of furan rings is 1. The van der Waals surface area contributed by atoms with Gasteiger partial charge in [-0.1, -0.05) is 83.6 Å². The summed E-state index contributed by atoms with van der Waals surface area (Å²) in [5.41, 5.74) is 1.52. The van der Waals surface area contributed by atoms with Crippen molar-refractivity contribution in [1.29, 1.82) is 0 Å². The van der Waals surface area contributed by atoms with Gasteiger partial charge in [-0.05, 0) is 55.8 Å². The summed E-state index contributed by atoms with van der Waals surface area (Å²) in [5.74, 6) is 0.405. The van der Waals surface area contributed by atoms with Crippen molar-refractivity contribution in [3.05, 3.63) is 77.5 Å². The van der Waals surface area contributed by atoms with Crippen LogP contribution >= 0.6 is 11.8 Å². The van der Waals surface area contributed by atoms with Crippen LogP contribution in [0.2, 0.25) is 0 Å². The quantitative estimate of drug-likeness (QED) is 0.135. The maximum Gasteiger partial charge on any atom is 0.251 e. The molecule has 0 radical (unpaired) electrons. The largest absolute Gasteiger partial charge is 0.493 e. The third kappa shape index (κ3) is 9.88. The number of hydrogen-bond acceptors (Lipinski definition) is 5. The maximum absolute atomic E-state index is 15.2. The number of unbranched alkanes of at least 4 members (excludes halogenated alkanes) is 11. The topological polar surface area (TPSA) is 71.8 Å². The molecule has 8 heteroatoms. The van der Waals surface area contributed by atoms with Crippen molar-refractivity contribution in [3.8, 4) is 5.75 Å². The lowest BCUT2D eigenvalue weighted by Gasteiger charge is -2.33. The lowest BCUT2D eigenvalue weighted by molar-refractivity contribution is -0.118. The van der Waals surface area contributed by atoms with Crippen LogP contribution in [0.15, 0.2) is 64.1 Å². The number of amides is 2. The zero-order valence-electron chi connectivity index (χ0n) is 26.2. The second kappa shape index (κ2) is 17.9. The number of nitrogens with zero attached hydrogens (tertiary/aromatic N) is 1. The van der Waals surface area contributed by atoms with E-state index < -0.39 is 5.82 Å². The average Bonchev–Trinajstić information content (AvgIpc) is 3.55. The molecule has 3 aromatic rings. The van der Waals surface area contributed by atoms with E-state index in [0.717, 1.165) is 17.7 Å². The van der Waals surface area contributed by atoms with Crippen LogP contribution in [0, 0.1) is 5.82 Å². The van der Waals surface area contributed by atoms with Crippen LogP contribution in [0.5, 0.6) is 5.75 Å². The normalized spacial score (nSPS) is 14.5. The predicted octanol–water partition coefficient (Wildman–Crippen LogP) is 9.46. The van der Waals surface area contributed by atoms with Gasteiger partial charge >= 0.3 is 0 Å². The van der Waals surface area contributed by atoms with Crippen LogP contribution in [-0.2, 0) is 17.9 Å². The van der Waals surface area contributed by atoms with Gasteiger partial charge in [0.05, 0.1) is 36.9 Å². The second-order valence-electron chi connectivity index (χ2n) is 11.6. The van der Waals surface area contributed by atoms with Crippen LogP contribution in [-0.4, -0.2) is 23.7 Å². The summed E-state index contributed by atoms with van der Waals surface area (Å²) < 4.78 is 26.5. The van der Waals surface area contributed by atoms with E-state index in [4.69, 9.17) is 9.15 Å². The molecule has 2 amide bonds. The van der Waals surface area contributed by atoms with E-state index in [0.29, 0.717) is 34.9 Å². The van der Waals surface area contributed by atoms with E-state index in [9.17, 15) is 9.59 Å². The van der Waals surface area contributed by atoms with Crippen molar-refractivity contribution in [3.63, 3.8) is 0 Å². The molecule has 1 aliphatic heterocycles. The first kappa shape index (κ1) is 33.6. The molecule has 2 heterocycles. The smallest absolute Gasteiger partial charge is 0.251 e. The fraction of sp³-hybridized carbons (Fsp3) is 0.500. The molecule has 1 N–H and O–H groups in total. The SMILES string of the molecule is CCCCCCCCCCCCCCOc1cccc(F)c1CN1C(=O)C(C)Sc2cc(C(=O)NCc3ccco3)ccc21. The molecular formula is C36H47FN2O4S. The van der Waals surface area contributed by atoms with Gasteiger partial charge in [-0.25, -0.2) is 4.39 Å². The maximum atomic E-state index is 15.2. The molecule has 238 valence electrons. The van der Waals surface area contributed by atoms with Crippen LogP contribution in [0.4, 0.5) is 10.1 Å². The predicted molar refractivity (Wildman–Crippen MR) is 176 cm³/mol. The second-order valence-corrected chi connectivity index (χ2v) is 13.0. The van der Waals surface area contributed by atoms with E-state index in [2.05, 4.69) is 12.2 Å². The van der Waals surface area contributed by atoms with E-state index in [-0.39, 0.29) is 30.2 Å². The highest BCUT2D eigenvalue weighted by atomic mass is 32.2. The van der Waals surface area contributed by atoms with Gasteiger partial charge in [-0.2, -0.15) is 0 Å². The summed E-state index contributed by atoms with van der Waals surface area (Å²) in [6, 6.07) is 13.7. The first-order valence-electron chi connectivity index (χ1n) is 16.3. The zero-order valence-corrected chi connectivity index (χ0v) is 27.1. The monoisotopic (exact) mass is 622 g/mol. The van der Waals surface area contributed by atoms with E-state index in [1.54, 1.807) is 53.6 Å². The molecular weight excluding hydrogens is 575 g/mol. The van der Waals surface area contributed by atoms with Gasteiger partial charge in [-0.15, -0.1) is 11.8 Å². The molecule has 1 aromatic heterocycles. The molecule has 0 saturated heterocycles. The molecule has 1 aliphatic rings. The zero-order chi connectivity index (χ0) is 31.1. The number of rotatable bonds is 19. The van der Waals surface area contributed by atoms with Crippen molar-refractivity contribution >= 4 is 29.3 Å². The Hall–Kier alpha value is -3.26. The summed E-state index contributed by atoms with van der Waals surface area (Å²) in [7, 11) is 0. The van der Waals surface area contributed by atoms with Gasteiger partial charge < -0.3 is 19.4 Å². The van der Waals surface area contributed by atoms with Crippen molar-refractivity contribution in [2.24, 2.45) is 0 Å². The number of benzene rings is 2. The number of nitrogens with one attached hydrogen (secondary N) is 1. The third-order valence-electron chi connectivity index (χ3n) is 8.08. The highest BCUT2D eigenvalue weighted by Gasteiger charge is 2.32. The molecule has 0 saturated carbocycles. The molecule has 0 aliphatic carbocycles. The van der Waals surface area contributed by atoms with Gasteiger partial charge in [0.15, 0.2) is 0 Å². The molecule has 0 spiro atoms. The van der Waals surface area contributed by atoms with E-state index in [1.165, 1.54) is 82.0 Å². The summed E-state index contributed by atoms with van der Waals surface area (Å²) in [6.45, 7) is 4.94. The highest BCUT2D eigenvalue weighted by molar-refractivity contribution is 8.01. The number of ether oxygens (including phenoxy) is 1. The standard InChI is InChI=1S/C36H47FN2O4S/c1-3-4-5-6-7-8-9-10-11-12-13-14-22-43-33-19-15-18-31(37)30(33)26-39-32-21-20-28(24-34(32)44-27(2)36(39)41)35(40)38-25-29-17-16-23-42-29/h15-21,23-24,27H,3-14,22,25-26H2,1-2H3,(H,38,40). The minimum absolute atomic E-state index is 0.0568. The Morgan fingerprint density at radius 3 is 2.34 bits per heavy atom. The molecule has 44 heavy (non-hydrogen) atoms. The van der Waals surface area contributed by atoms with Gasteiger partial charge in [-0.3, -0.25) is 9.59 Å². The fourth-order valence-electron chi connectivity index (χ4n) is 5.51. The van der Waals surface area contributed by atoms with Crippen LogP contribution in [0.25, 0.3) is 0 Å². The Morgan fingerprint density at radius 2 is 1.66 bits per heavy atom. The number of carbonyl (C=O) groups is 2. The molecule has 1 unspecified atom stereocenters. The van der Waals surface area contributed by atoms with Gasteiger partial charge in [0, 0.05) is 16.0 Å². The Morgan fingerprint density at radius 1 is 0.955 bits per heavy atom. The third-order valence-corrected chi connectivity index (χ3v) is 9.22. The van der Waals surface area contributed by atoms with E-state index >= 15 is 4.39 Å². The highest BCUT2D eigenvalue weighted by Crippen LogP contribution is 2.41. The number of halogens is 1. The van der Waals surface area contributed by atoms with Crippen LogP contribution < -0.4 is 15.0 Å². The molecule has 0 bridgehead atoms. The van der Waals surface area contributed by atoms with Crippen molar-refractivity contribution in [1.82, 2.24) is 5.32 Å². The van der Waals surface area contributed by atoms with E-state index in [1.807, 2.05) is 6.92 Å². The summed E-state index contributed by atoms with van der Waals surface area (Å²) in [4.78, 5) is 28.5. The first-order chi connectivity index (χ1) is 21.5. The Labute approximate surface area is 266 Å². The number of fused-ring (bicyclic) bond motifs is 1. The average molecular weight is 623 g/mol. The van der Waals surface area contributed by atoms with Crippen molar-refractivity contribution < 1.29 is 23.1 Å². The van der Waals surface area contributed by atoms with Crippen LogP contribution in [0.1, 0.15) is 113 Å². The number of thioether (sulfide) groups is 1. The molecule has 1 atom stereocenters. The Bertz CT molecular complexity index is 1330. The molecule has 4 rings (SSSR count). The lowest BCUT2D eigenvalue weighted by Crippen LogP contribution is -2.39. The molecule has 0 fully saturated rings. The lowest BCUT2D eigenvalue weighted by atomic mass is 10.1. The van der Waals surface area contributed by atoms with Crippen LogP contribution in [0.3, 0.4) is 0 Å². The number of anilines is 1. The minimum Gasteiger partial charge on any atom is -0.493 e. The Kier molecular flexibility index (Phi) is 13.7. The fourth-order valence-corrected chi connectivity index (χ4v) is 6.61. The molecule has 2 aromatic carbocycles. The first-order valence-corrected chi connectivity index (χ1v) is 17.2. The number of hydrogen-bond donors (Lipinski definition) is 1.